The molecule has 0 bridgehead atoms. The van der Waals surface area contributed by atoms with Gasteiger partial charge in [-0.1, -0.05) is 12.1 Å². The summed E-state index contributed by atoms with van der Waals surface area (Å²) in [6.07, 6.45) is 0. The van der Waals surface area contributed by atoms with Gasteiger partial charge in [-0.15, -0.1) is 0 Å². The van der Waals surface area contributed by atoms with Crippen molar-refractivity contribution in [1.29, 1.82) is 0 Å². The number of sulfonamides is 1. The van der Waals surface area contributed by atoms with Crippen LogP contribution in [-0.2, 0) is 10.0 Å². The standard InChI is InChI=1S/C13H12F2N2O2S/c1-8-3-2-4-11(16)13(8)20(18,19)17-12-6-5-9(14)7-10(12)15/h2-7,17H,16H2,1H3. The Kier molecular flexibility index (Phi) is 3.63. The van der Waals surface area contributed by atoms with Crippen LogP contribution < -0.4 is 10.5 Å². The molecular weight excluding hydrogens is 286 g/mol. The molecule has 0 heterocycles. The fourth-order valence-corrected chi connectivity index (χ4v) is 3.24. The Labute approximate surface area is 115 Å². The lowest BCUT2D eigenvalue weighted by Gasteiger charge is -2.13. The molecule has 0 saturated carbocycles. The first-order valence-electron chi connectivity index (χ1n) is 5.64. The minimum absolute atomic E-state index is 0.0556. The van der Waals surface area contributed by atoms with Gasteiger partial charge >= 0.3 is 0 Å². The van der Waals surface area contributed by atoms with E-state index in [1.807, 2.05) is 0 Å². The summed E-state index contributed by atoms with van der Waals surface area (Å²) in [6, 6.07) is 7.19. The highest BCUT2D eigenvalue weighted by Gasteiger charge is 2.21. The lowest BCUT2D eigenvalue weighted by Crippen LogP contribution is -2.17. The summed E-state index contributed by atoms with van der Waals surface area (Å²) in [7, 11) is -4.05. The third-order valence-corrected chi connectivity index (χ3v) is 4.27. The molecule has 0 aliphatic carbocycles. The smallest absolute Gasteiger partial charge is 0.264 e. The van der Waals surface area contributed by atoms with Crippen molar-refractivity contribution >= 4 is 21.4 Å². The second-order valence-electron chi connectivity index (χ2n) is 4.22. The monoisotopic (exact) mass is 298 g/mol. The van der Waals surface area contributed by atoms with Crippen LogP contribution in [0.2, 0.25) is 0 Å². The van der Waals surface area contributed by atoms with Gasteiger partial charge in [0.1, 0.15) is 16.5 Å². The van der Waals surface area contributed by atoms with Crippen LogP contribution in [0.15, 0.2) is 41.3 Å². The fourth-order valence-electron chi connectivity index (χ4n) is 1.81. The number of nitrogens with one attached hydrogen (secondary N) is 1. The molecule has 0 unspecified atom stereocenters. The molecule has 0 spiro atoms. The summed E-state index contributed by atoms with van der Waals surface area (Å²) in [5.41, 5.74) is 5.80. The normalized spacial score (nSPS) is 11.3. The van der Waals surface area contributed by atoms with Crippen LogP contribution in [0.3, 0.4) is 0 Å². The first-order valence-corrected chi connectivity index (χ1v) is 7.12. The predicted octanol–water partition coefficient (Wildman–Crippen LogP) is 2.66. The maximum Gasteiger partial charge on any atom is 0.264 e. The Bertz CT molecular complexity index is 741. The molecule has 0 fully saturated rings. The summed E-state index contributed by atoms with van der Waals surface area (Å²) in [5.74, 6) is -1.79. The molecule has 0 aliphatic heterocycles. The summed E-state index contributed by atoms with van der Waals surface area (Å²) in [5, 5.41) is 0. The Morgan fingerprint density at radius 3 is 2.45 bits per heavy atom. The van der Waals surface area contributed by atoms with Gasteiger partial charge in [0.25, 0.3) is 10.0 Å². The van der Waals surface area contributed by atoms with Gasteiger partial charge in [0.05, 0.1) is 11.4 Å². The summed E-state index contributed by atoms with van der Waals surface area (Å²) >= 11 is 0. The van der Waals surface area contributed by atoms with Crippen LogP contribution in [0.5, 0.6) is 0 Å². The summed E-state index contributed by atoms with van der Waals surface area (Å²) in [4.78, 5) is -0.122. The predicted molar refractivity (Wildman–Crippen MR) is 72.8 cm³/mol. The van der Waals surface area contributed by atoms with Crippen molar-refractivity contribution in [2.24, 2.45) is 0 Å². The lowest BCUT2D eigenvalue weighted by molar-refractivity contribution is 0.582. The van der Waals surface area contributed by atoms with E-state index in [1.54, 1.807) is 19.1 Å². The molecule has 106 valence electrons. The van der Waals surface area contributed by atoms with Crippen LogP contribution in [0.1, 0.15) is 5.56 Å². The zero-order chi connectivity index (χ0) is 14.9. The van der Waals surface area contributed by atoms with Crippen molar-refractivity contribution in [3.63, 3.8) is 0 Å². The number of rotatable bonds is 3. The lowest BCUT2D eigenvalue weighted by atomic mass is 10.2. The van der Waals surface area contributed by atoms with Gasteiger partial charge in [0, 0.05) is 6.07 Å². The highest BCUT2D eigenvalue weighted by molar-refractivity contribution is 7.93. The van der Waals surface area contributed by atoms with Crippen LogP contribution in [0, 0.1) is 18.6 Å². The van der Waals surface area contributed by atoms with E-state index in [4.69, 9.17) is 5.73 Å². The molecule has 0 atom stereocenters. The second-order valence-corrected chi connectivity index (χ2v) is 5.84. The molecule has 2 aromatic carbocycles. The van der Waals surface area contributed by atoms with Gasteiger partial charge in [-0.05, 0) is 30.7 Å². The van der Waals surface area contributed by atoms with Crippen molar-refractivity contribution in [2.45, 2.75) is 11.8 Å². The van der Waals surface area contributed by atoms with E-state index in [-0.39, 0.29) is 16.3 Å². The van der Waals surface area contributed by atoms with Crippen LogP contribution in [0.25, 0.3) is 0 Å². The van der Waals surface area contributed by atoms with Crippen LogP contribution >= 0.6 is 0 Å². The number of aryl methyl sites for hydroxylation is 1. The van der Waals surface area contributed by atoms with Gasteiger partial charge in [-0.25, -0.2) is 17.2 Å². The Morgan fingerprint density at radius 2 is 1.85 bits per heavy atom. The molecular formula is C13H12F2N2O2S. The van der Waals surface area contributed by atoms with Crippen LogP contribution in [0.4, 0.5) is 20.2 Å². The Hall–Kier alpha value is -2.15. The maximum absolute atomic E-state index is 13.5. The third kappa shape index (κ3) is 2.72. The number of hydrogen-bond donors (Lipinski definition) is 2. The van der Waals surface area contributed by atoms with E-state index in [9.17, 15) is 17.2 Å². The minimum atomic E-state index is -4.05. The molecule has 0 aliphatic rings. The SMILES string of the molecule is Cc1cccc(N)c1S(=O)(=O)Nc1ccc(F)cc1F. The quantitative estimate of drug-likeness (QED) is 0.856. The molecule has 2 aromatic rings. The average Bonchev–Trinajstić information content (AvgIpc) is 2.32. The first kappa shape index (κ1) is 14.3. The second kappa shape index (κ2) is 5.09. The molecule has 0 aromatic heterocycles. The molecule has 0 amide bonds. The number of nitrogens with two attached hydrogens (primary N) is 1. The molecule has 0 radical (unpaired) electrons. The fraction of sp³-hybridized carbons (Fsp3) is 0.0769. The van der Waals surface area contributed by atoms with Gasteiger partial charge < -0.3 is 5.73 Å². The highest BCUT2D eigenvalue weighted by atomic mass is 32.2. The number of nitrogen functional groups attached to an aromatic ring is 1. The molecule has 2 rings (SSSR count). The minimum Gasteiger partial charge on any atom is -0.398 e. The van der Waals surface area contributed by atoms with Crippen molar-refractivity contribution < 1.29 is 17.2 Å². The Balaban J connectivity index is 2.46. The van der Waals surface area contributed by atoms with E-state index in [2.05, 4.69) is 4.72 Å². The first-order chi connectivity index (χ1) is 9.31. The van der Waals surface area contributed by atoms with Crippen molar-refractivity contribution in [3.05, 3.63) is 53.6 Å². The third-order valence-electron chi connectivity index (χ3n) is 2.69. The molecule has 3 N–H and O–H groups in total. The molecule has 7 heteroatoms. The van der Waals surface area contributed by atoms with E-state index < -0.39 is 21.7 Å². The zero-order valence-corrected chi connectivity index (χ0v) is 11.3. The zero-order valence-electron chi connectivity index (χ0n) is 10.5. The number of anilines is 2. The van der Waals surface area contributed by atoms with E-state index in [0.717, 1.165) is 12.1 Å². The highest BCUT2D eigenvalue weighted by Crippen LogP contribution is 2.26. The summed E-state index contributed by atoms with van der Waals surface area (Å²) in [6.45, 7) is 1.58. The van der Waals surface area contributed by atoms with Gasteiger partial charge in [-0.3, -0.25) is 4.72 Å². The van der Waals surface area contributed by atoms with E-state index in [0.29, 0.717) is 11.6 Å². The van der Waals surface area contributed by atoms with Crippen molar-refractivity contribution in [1.82, 2.24) is 0 Å². The van der Waals surface area contributed by atoms with Gasteiger partial charge in [0.15, 0.2) is 0 Å². The number of halogens is 2. The Morgan fingerprint density at radius 1 is 1.15 bits per heavy atom. The van der Waals surface area contributed by atoms with Crippen molar-refractivity contribution in [2.75, 3.05) is 10.5 Å². The topological polar surface area (TPSA) is 72.2 Å². The average molecular weight is 298 g/mol. The maximum atomic E-state index is 13.5. The number of hydrogen-bond acceptors (Lipinski definition) is 3. The van der Waals surface area contributed by atoms with Crippen molar-refractivity contribution in [3.8, 4) is 0 Å². The molecule has 4 nitrogen and oxygen atoms in total. The molecule has 0 saturated heterocycles. The van der Waals surface area contributed by atoms with Gasteiger partial charge in [-0.2, -0.15) is 0 Å². The van der Waals surface area contributed by atoms with E-state index >= 15 is 0 Å². The number of benzene rings is 2. The largest absolute Gasteiger partial charge is 0.398 e. The van der Waals surface area contributed by atoms with E-state index in [1.165, 1.54) is 6.07 Å². The summed E-state index contributed by atoms with van der Waals surface area (Å²) < 4.78 is 52.8. The molecule has 20 heavy (non-hydrogen) atoms. The van der Waals surface area contributed by atoms with Gasteiger partial charge in [0.2, 0.25) is 0 Å². The van der Waals surface area contributed by atoms with Crippen LogP contribution in [-0.4, -0.2) is 8.42 Å².